The standard InChI is InChI=1S/C26H41O5P/c1-17(32(28,30-9)31-10)22(27)15-14-18-16-21(26(5,6)7)24(29-8)23-19(18)12-11-13-20(23)25(2,3)4/h14-17,20H,11-13H2,1-10H3/b15-14+. The monoisotopic (exact) mass is 464 g/mol. The second kappa shape index (κ2) is 9.83. The fraction of sp³-hybridized carbons (Fsp3) is 0.654. The average Bonchev–Trinajstić information content (AvgIpc) is 2.73. The molecule has 1 aromatic carbocycles. The van der Waals surface area contributed by atoms with Gasteiger partial charge in [0, 0.05) is 25.3 Å². The topological polar surface area (TPSA) is 61.8 Å². The molecular formula is C26H41O5P. The first-order valence-electron chi connectivity index (χ1n) is 11.4. The molecule has 1 aromatic rings. The minimum Gasteiger partial charge on any atom is -0.496 e. The van der Waals surface area contributed by atoms with Gasteiger partial charge in [-0.3, -0.25) is 9.36 Å². The zero-order valence-electron chi connectivity index (χ0n) is 21.5. The number of hydrogen-bond acceptors (Lipinski definition) is 5. The summed E-state index contributed by atoms with van der Waals surface area (Å²) < 4.78 is 28.7. The van der Waals surface area contributed by atoms with Crippen molar-refractivity contribution >= 4 is 19.5 Å². The molecule has 0 heterocycles. The van der Waals surface area contributed by atoms with Gasteiger partial charge < -0.3 is 13.8 Å². The molecule has 0 saturated carbocycles. The Balaban J connectivity index is 2.68. The highest BCUT2D eigenvalue weighted by molar-refractivity contribution is 7.55. The Morgan fingerprint density at radius 1 is 1.12 bits per heavy atom. The van der Waals surface area contributed by atoms with Gasteiger partial charge >= 0.3 is 7.60 Å². The van der Waals surface area contributed by atoms with Crippen LogP contribution >= 0.6 is 7.60 Å². The van der Waals surface area contributed by atoms with E-state index >= 15 is 0 Å². The van der Waals surface area contributed by atoms with Crippen molar-refractivity contribution in [2.45, 2.75) is 84.7 Å². The zero-order chi connectivity index (χ0) is 24.5. The Morgan fingerprint density at radius 3 is 2.19 bits per heavy atom. The number of ether oxygens (including phenoxy) is 1. The number of benzene rings is 1. The van der Waals surface area contributed by atoms with Crippen LogP contribution in [0.3, 0.4) is 0 Å². The Hall–Kier alpha value is -1.42. The lowest BCUT2D eigenvalue weighted by molar-refractivity contribution is -0.114. The Morgan fingerprint density at radius 2 is 1.72 bits per heavy atom. The van der Waals surface area contributed by atoms with E-state index in [-0.39, 0.29) is 16.6 Å². The van der Waals surface area contributed by atoms with Crippen LogP contribution in [0, 0.1) is 5.41 Å². The third-order valence-corrected chi connectivity index (χ3v) is 8.83. The molecular weight excluding hydrogens is 423 g/mol. The van der Waals surface area contributed by atoms with Gasteiger partial charge in [-0.05, 0) is 66.2 Å². The predicted octanol–water partition coefficient (Wildman–Crippen LogP) is 6.92. The smallest absolute Gasteiger partial charge is 0.340 e. The number of fused-ring (bicyclic) bond motifs is 1. The van der Waals surface area contributed by atoms with Crippen LogP contribution < -0.4 is 4.74 Å². The van der Waals surface area contributed by atoms with E-state index in [4.69, 9.17) is 13.8 Å². The largest absolute Gasteiger partial charge is 0.496 e. The van der Waals surface area contributed by atoms with Crippen molar-refractivity contribution in [2.24, 2.45) is 5.41 Å². The van der Waals surface area contributed by atoms with Crippen molar-refractivity contribution in [3.05, 3.63) is 34.4 Å². The number of rotatable bonds is 7. The van der Waals surface area contributed by atoms with Gasteiger partial charge in [-0.25, -0.2) is 0 Å². The van der Waals surface area contributed by atoms with E-state index in [2.05, 4.69) is 47.6 Å². The number of ketones is 1. The van der Waals surface area contributed by atoms with E-state index in [9.17, 15) is 9.36 Å². The van der Waals surface area contributed by atoms with E-state index in [1.54, 1.807) is 14.0 Å². The molecule has 2 rings (SSSR count). The fourth-order valence-corrected chi connectivity index (χ4v) is 5.85. The summed E-state index contributed by atoms with van der Waals surface area (Å²) >= 11 is 0. The summed E-state index contributed by atoms with van der Waals surface area (Å²) in [6.07, 6.45) is 6.55. The molecule has 0 fully saturated rings. The van der Waals surface area contributed by atoms with Gasteiger partial charge in [0.2, 0.25) is 0 Å². The van der Waals surface area contributed by atoms with Crippen LogP contribution in [-0.4, -0.2) is 32.8 Å². The maximum atomic E-state index is 12.8. The van der Waals surface area contributed by atoms with Crippen molar-refractivity contribution in [3.63, 3.8) is 0 Å². The lowest BCUT2D eigenvalue weighted by Crippen LogP contribution is -2.26. The van der Waals surface area contributed by atoms with Gasteiger partial charge in [0.1, 0.15) is 11.4 Å². The van der Waals surface area contributed by atoms with Crippen LogP contribution in [0.15, 0.2) is 12.1 Å². The van der Waals surface area contributed by atoms with E-state index < -0.39 is 13.3 Å². The summed E-state index contributed by atoms with van der Waals surface area (Å²) in [4.78, 5) is 12.8. The van der Waals surface area contributed by atoms with E-state index in [0.29, 0.717) is 5.92 Å². The van der Waals surface area contributed by atoms with Crippen molar-refractivity contribution in [1.82, 2.24) is 0 Å². The lowest BCUT2D eigenvalue weighted by Gasteiger charge is -2.39. The van der Waals surface area contributed by atoms with Crippen molar-refractivity contribution in [3.8, 4) is 5.75 Å². The molecule has 2 atom stereocenters. The van der Waals surface area contributed by atoms with Gasteiger partial charge in [-0.1, -0.05) is 47.6 Å². The SMILES string of the molecule is COc1c(C(C)(C)C)cc(/C=C/C(=O)C(C)P(=O)(OC)OC)c2c1C(C(C)(C)C)CCC2. The van der Waals surface area contributed by atoms with Crippen LogP contribution in [0.2, 0.25) is 0 Å². The van der Waals surface area contributed by atoms with Gasteiger partial charge in [0.05, 0.1) is 7.11 Å². The molecule has 2 unspecified atom stereocenters. The molecule has 0 aliphatic heterocycles. The van der Waals surface area contributed by atoms with E-state index in [1.165, 1.54) is 31.4 Å². The van der Waals surface area contributed by atoms with Crippen LogP contribution in [0.5, 0.6) is 5.75 Å². The molecule has 180 valence electrons. The molecule has 0 aromatic heterocycles. The highest BCUT2D eigenvalue weighted by Crippen LogP contribution is 2.53. The summed E-state index contributed by atoms with van der Waals surface area (Å²) in [6, 6.07) is 2.16. The lowest BCUT2D eigenvalue weighted by atomic mass is 9.66. The molecule has 0 spiro atoms. The van der Waals surface area contributed by atoms with Gasteiger partial charge in [-0.2, -0.15) is 0 Å². The first-order chi connectivity index (χ1) is 14.7. The molecule has 0 saturated heterocycles. The Kier molecular flexibility index (Phi) is 8.24. The highest BCUT2D eigenvalue weighted by Gasteiger charge is 2.37. The number of carbonyl (C=O) groups excluding carboxylic acids is 1. The van der Waals surface area contributed by atoms with Gasteiger partial charge in [0.15, 0.2) is 5.78 Å². The summed E-state index contributed by atoms with van der Waals surface area (Å²) in [7, 11) is 0.894. The molecule has 5 nitrogen and oxygen atoms in total. The van der Waals surface area contributed by atoms with E-state index in [0.717, 1.165) is 36.1 Å². The third kappa shape index (κ3) is 5.38. The fourth-order valence-electron chi connectivity index (χ4n) is 4.67. The minimum atomic E-state index is -3.47. The van der Waals surface area contributed by atoms with Crippen molar-refractivity contribution in [2.75, 3.05) is 21.3 Å². The number of allylic oxidation sites excluding steroid dienone is 1. The first kappa shape index (κ1) is 26.8. The maximum Gasteiger partial charge on any atom is 0.340 e. The number of hydrogen-bond donors (Lipinski definition) is 0. The summed E-state index contributed by atoms with van der Waals surface area (Å²) in [6.45, 7) is 15.0. The molecule has 0 bridgehead atoms. The van der Waals surface area contributed by atoms with Crippen LogP contribution in [0.4, 0.5) is 0 Å². The second-order valence-electron chi connectivity index (χ2n) is 10.8. The highest BCUT2D eigenvalue weighted by atomic mass is 31.2. The van der Waals surface area contributed by atoms with E-state index in [1.807, 2.05) is 6.08 Å². The zero-order valence-corrected chi connectivity index (χ0v) is 22.4. The predicted molar refractivity (Wildman–Crippen MR) is 132 cm³/mol. The molecule has 1 aliphatic rings. The van der Waals surface area contributed by atoms with Crippen molar-refractivity contribution < 1.29 is 23.1 Å². The average molecular weight is 465 g/mol. The quantitative estimate of drug-likeness (QED) is 0.324. The van der Waals surface area contributed by atoms with Crippen molar-refractivity contribution in [1.29, 1.82) is 0 Å². The van der Waals surface area contributed by atoms with Crippen LogP contribution in [0.1, 0.15) is 89.5 Å². The van der Waals surface area contributed by atoms with Gasteiger partial charge in [-0.15, -0.1) is 0 Å². The number of carbonyl (C=O) groups is 1. The van der Waals surface area contributed by atoms with Crippen LogP contribution in [0.25, 0.3) is 6.08 Å². The molecule has 6 heteroatoms. The number of methoxy groups -OCH3 is 1. The molecule has 0 N–H and O–H groups in total. The maximum absolute atomic E-state index is 12.8. The minimum absolute atomic E-state index is 0.0911. The molecule has 0 radical (unpaired) electrons. The second-order valence-corrected chi connectivity index (χ2v) is 13.4. The molecule has 1 aliphatic carbocycles. The van der Waals surface area contributed by atoms with Crippen LogP contribution in [-0.2, 0) is 30.2 Å². The Labute approximate surface area is 194 Å². The van der Waals surface area contributed by atoms with Gasteiger partial charge in [0.25, 0.3) is 0 Å². The third-order valence-electron chi connectivity index (χ3n) is 6.61. The normalized spacial score (nSPS) is 18.5. The summed E-state index contributed by atoms with van der Waals surface area (Å²) in [5.41, 5.74) is 3.79. The summed E-state index contributed by atoms with van der Waals surface area (Å²) in [5.74, 6) is 1.07. The molecule has 0 amide bonds. The molecule has 32 heavy (non-hydrogen) atoms. The first-order valence-corrected chi connectivity index (χ1v) is 13.0. The Bertz CT molecular complexity index is 910. The summed E-state index contributed by atoms with van der Waals surface area (Å²) in [5, 5.41) is 0.